The summed E-state index contributed by atoms with van der Waals surface area (Å²) in [7, 11) is 0. The van der Waals surface area contributed by atoms with Gasteiger partial charge in [0, 0.05) is 25.6 Å². The van der Waals surface area contributed by atoms with Gasteiger partial charge in [-0.2, -0.15) is 13.2 Å². The van der Waals surface area contributed by atoms with Crippen LogP contribution in [0.4, 0.5) is 17.6 Å². The first kappa shape index (κ1) is 24.8. The van der Waals surface area contributed by atoms with Crippen molar-refractivity contribution in [3.05, 3.63) is 48.3 Å². The minimum Gasteiger partial charge on any atom is -0.475 e. The number of hydrogen-bond acceptors (Lipinski definition) is 3. The number of piperidine rings is 1. The Balaban J connectivity index is 0.000000423. The molecule has 0 radical (unpaired) electrons. The van der Waals surface area contributed by atoms with Gasteiger partial charge < -0.3 is 10.0 Å². The smallest absolute Gasteiger partial charge is 0.475 e. The van der Waals surface area contributed by atoms with E-state index in [1.54, 1.807) is 0 Å². The first-order valence-electron chi connectivity index (χ1n) is 10.2. The molecule has 5 nitrogen and oxygen atoms in total. The second-order valence-corrected chi connectivity index (χ2v) is 7.82. The number of hydrogen-bond donors (Lipinski definition) is 1. The monoisotopic (exact) mass is 444 g/mol. The number of rotatable bonds is 5. The van der Waals surface area contributed by atoms with E-state index in [1.165, 1.54) is 12.1 Å². The van der Waals surface area contributed by atoms with Crippen molar-refractivity contribution in [3.63, 3.8) is 0 Å². The van der Waals surface area contributed by atoms with Gasteiger partial charge in [-0.1, -0.05) is 25.1 Å². The van der Waals surface area contributed by atoms with Crippen molar-refractivity contribution >= 4 is 11.9 Å². The molecule has 2 aliphatic rings. The lowest BCUT2D eigenvalue weighted by Gasteiger charge is -2.52. The average molecular weight is 444 g/mol. The summed E-state index contributed by atoms with van der Waals surface area (Å²) in [6.45, 7) is 8.54. The Morgan fingerprint density at radius 3 is 2.42 bits per heavy atom. The SMILES string of the molecule is C=CCN1C(=O)CC[C@]12CCCN(Cc1ccc(F)cc1)[C@H]2CC.O=C(O)C(F)(F)F. The highest BCUT2D eigenvalue weighted by atomic mass is 19.4. The minimum absolute atomic E-state index is 0.0572. The molecule has 2 saturated heterocycles. The molecule has 1 amide bonds. The molecule has 172 valence electrons. The van der Waals surface area contributed by atoms with Gasteiger partial charge in [0.05, 0.1) is 5.54 Å². The summed E-state index contributed by atoms with van der Waals surface area (Å²) in [5.74, 6) is -2.69. The van der Waals surface area contributed by atoms with Crippen LogP contribution in [-0.4, -0.2) is 57.6 Å². The van der Waals surface area contributed by atoms with Crippen molar-refractivity contribution in [1.29, 1.82) is 0 Å². The number of carboxylic acids is 1. The fourth-order valence-electron chi connectivity index (χ4n) is 4.76. The molecule has 0 aromatic heterocycles. The Morgan fingerprint density at radius 1 is 1.29 bits per heavy atom. The van der Waals surface area contributed by atoms with Crippen LogP contribution >= 0.6 is 0 Å². The predicted molar refractivity (Wildman–Crippen MR) is 108 cm³/mol. The van der Waals surface area contributed by atoms with Crippen molar-refractivity contribution in [2.75, 3.05) is 13.1 Å². The molecule has 1 aromatic carbocycles. The van der Waals surface area contributed by atoms with Gasteiger partial charge in [-0.3, -0.25) is 9.69 Å². The van der Waals surface area contributed by atoms with Crippen LogP contribution in [0.1, 0.15) is 44.6 Å². The molecule has 2 atom stereocenters. The van der Waals surface area contributed by atoms with Gasteiger partial charge in [0.1, 0.15) is 5.82 Å². The van der Waals surface area contributed by atoms with Crippen molar-refractivity contribution in [3.8, 4) is 0 Å². The van der Waals surface area contributed by atoms with Gasteiger partial charge in [0.25, 0.3) is 0 Å². The molecule has 9 heteroatoms. The number of benzene rings is 1. The van der Waals surface area contributed by atoms with Crippen molar-refractivity contribution in [2.45, 2.75) is 63.3 Å². The highest BCUT2D eigenvalue weighted by molar-refractivity contribution is 5.80. The predicted octanol–water partition coefficient (Wildman–Crippen LogP) is 4.38. The van der Waals surface area contributed by atoms with Crippen LogP contribution in [0.3, 0.4) is 0 Å². The number of carbonyl (C=O) groups is 2. The number of alkyl halides is 3. The molecule has 31 heavy (non-hydrogen) atoms. The highest BCUT2D eigenvalue weighted by Crippen LogP contribution is 2.43. The van der Waals surface area contributed by atoms with E-state index >= 15 is 0 Å². The van der Waals surface area contributed by atoms with Crippen LogP contribution in [0.15, 0.2) is 36.9 Å². The molecule has 1 N–H and O–H groups in total. The first-order chi connectivity index (χ1) is 14.5. The van der Waals surface area contributed by atoms with Gasteiger partial charge in [-0.15, -0.1) is 6.58 Å². The summed E-state index contributed by atoms with van der Waals surface area (Å²) in [6, 6.07) is 7.13. The molecule has 0 bridgehead atoms. The number of halogens is 4. The molecule has 2 heterocycles. The maximum atomic E-state index is 13.2. The molecule has 0 saturated carbocycles. The van der Waals surface area contributed by atoms with Crippen LogP contribution in [0.5, 0.6) is 0 Å². The maximum absolute atomic E-state index is 13.2. The number of aliphatic carboxylic acids is 1. The van der Waals surface area contributed by atoms with Crippen LogP contribution < -0.4 is 0 Å². The van der Waals surface area contributed by atoms with Crippen LogP contribution in [0, 0.1) is 5.82 Å². The summed E-state index contributed by atoms with van der Waals surface area (Å²) in [5, 5.41) is 7.12. The molecule has 1 aromatic rings. The number of carbonyl (C=O) groups excluding carboxylic acids is 1. The average Bonchev–Trinajstić information content (AvgIpc) is 3.00. The standard InChI is InChI=1S/C20H27FN2O.C2HF3O2/c1-3-13-23-19(24)10-12-20(23)11-5-14-22(18(20)4-2)15-16-6-8-17(21)9-7-16;3-2(4,5)1(6)7/h3,6-9,18H,1,4-5,10-15H2,2H3;(H,6,7)/t18-,20-;/m0./s1. The summed E-state index contributed by atoms with van der Waals surface area (Å²) in [4.78, 5) is 25.9. The molecule has 2 fully saturated rings. The van der Waals surface area contributed by atoms with Gasteiger partial charge in [0.2, 0.25) is 5.91 Å². The van der Waals surface area contributed by atoms with Crippen molar-refractivity contribution < 1.29 is 32.3 Å². The molecule has 2 aliphatic heterocycles. The zero-order valence-corrected chi connectivity index (χ0v) is 17.5. The van der Waals surface area contributed by atoms with E-state index in [2.05, 4.69) is 23.3 Å². The van der Waals surface area contributed by atoms with Crippen LogP contribution in [0.2, 0.25) is 0 Å². The van der Waals surface area contributed by atoms with Crippen molar-refractivity contribution in [1.82, 2.24) is 9.80 Å². The summed E-state index contributed by atoms with van der Waals surface area (Å²) in [6.07, 6.45) is 1.54. The lowest BCUT2D eigenvalue weighted by atomic mass is 9.77. The number of nitrogens with zero attached hydrogens (tertiary/aromatic N) is 2. The van der Waals surface area contributed by atoms with E-state index in [9.17, 15) is 22.4 Å². The van der Waals surface area contributed by atoms with E-state index in [0.717, 1.165) is 44.3 Å². The van der Waals surface area contributed by atoms with E-state index in [0.29, 0.717) is 19.0 Å². The number of carboxylic acid groups (broad SMARTS) is 1. The zero-order chi connectivity index (χ0) is 23.2. The Hall–Kier alpha value is -2.42. The van der Waals surface area contributed by atoms with Crippen molar-refractivity contribution in [2.24, 2.45) is 0 Å². The van der Waals surface area contributed by atoms with E-state index in [1.807, 2.05) is 18.2 Å². The van der Waals surface area contributed by atoms with E-state index in [4.69, 9.17) is 9.90 Å². The normalized spacial score (nSPS) is 24.1. The van der Waals surface area contributed by atoms with E-state index < -0.39 is 12.1 Å². The molecule has 3 rings (SSSR count). The topological polar surface area (TPSA) is 60.9 Å². The van der Waals surface area contributed by atoms with Crippen LogP contribution in [0.25, 0.3) is 0 Å². The molecular formula is C22H28F4N2O3. The Kier molecular flexibility index (Phi) is 8.22. The second-order valence-electron chi connectivity index (χ2n) is 7.82. The number of likely N-dealkylation sites (tertiary alicyclic amines) is 2. The lowest BCUT2D eigenvalue weighted by Crippen LogP contribution is -2.62. The minimum atomic E-state index is -5.08. The van der Waals surface area contributed by atoms with Gasteiger partial charge in [-0.05, 0) is 49.9 Å². The summed E-state index contributed by atoms with van der Waals surface area (Å²) < 4.78 is 44.9. The lowest BCUT2D eigenvalue weighted by molar-refractivity contribution is -0.192. The largest absolute Gasteiger partial charge is 0.490 e. The molecule has 0 unspecified atom stereocenters. The Bertz CT molecular complexity index is 782. The summed E-state index contributed by atoms with van der Waals surface area (Å²) >= 11 is 0. The van der Waals surface area contributed by atoms with E-state index in [-0.39, 0.29) is 17.3 Å². The third-order valence-electron chi connectivity index (χ3n) is 5.97. The fourth-order valence-corrected chi connectivity index (χ4v) is 4.76. The van der Waals surface area contributed by atoms with Crippen LogP contribution in [-0.2, 0) is 16.1 Å². The van der Waals surface area contributed by atoms with Gasteiger partial charge >= 0.3 is 12.1 Å². The van der Waals surface area contributed by atoms with Gasteiger partial charge in [-0.25, -0.2) is 9.18 Å². The fraction of sp³-hybridized carbons (Fsp3) is 0.545. The third-order valence-corrected chi connectivity index (χ3v) is 5.97. The third kappa shape index (κ3) is 5.84. The molecule has 1 spiro atoms. The second kappa shape index (κ2) is 10.3. The highest BCUT2D eigenvalue weighted by Gasteiger charge is 2.52. The Morgan fingerprint density at radius 2 is 1.90 bits per heavy atom. The molecular weight excluding hydrogens is 416 g/mol. The number of amides is 1. The zero-order valence-electron chi connectivity index (χ0n) is 17.5. The Labute approximate surface area is 179 Å². The quantitative estimate of drug-likeness (QED) is 0.541. The summed E-state index contributed by atoms with van der Waals surface area (Å²) in [5.41, 5.74) is 1.07. The molecule has 0 aliphatic carbocycles. The maximum Gasteiger partial charge on any atom is 0.490 e. The first-order valence-corrected chi connectivity index (χ1v) is 10.2. The van der Waals surface area contributed by atoms with Gasteiger partial charge in [0.15, 0.2) is 0 Å².